The normalized spacial score (nSPS) is 14.1. The van der Waals surface area contributed by atoms with E-state index < -0.39 is 0 Å². The van der Waals surface area contributed by atoms with Crippen molar-refractivity contribution in [1.82, 2.24) is 0 Å². The fourth-order valence-electron chi connectivity index (χ4n) is 1.65. The van der Waals surface area contributed by atoms with Gasteiger partial charge in [-0.1, -0.05) is 30.4 Å². The quantitative estimate of drug-likeness (QED) is 0.697. The van der Waals surface area contributed by atoms with E-state index in [0.717, 1.165) is 12.8 Å². The zero-order chi connectivity index (χ0) is 9.80. The molecule has 0 unspecified atom stereocenters. The molecule has 1 N–H and O–H groups in total. The molecule has 0 bridgehead atoms. The monoisotopic (exact) mass is 185 g/mol. The molecule has 0 amide bonds. The van der Waals surface area contributed by atoms with Crippen molar-refractivity contribution in [2.24, 2.45) is 0 Å². The molecule has 0 radical (unpaired) electrons. The first-order valence-corrected chi connectivity index (χ1v) is 5.04. The summed E-state index contributed by atoms with van der Waals surface area (Å²) >= 11 is 0. The van der Waals surface area contributed by atoms with Gasteiger partial charge in [0.1, 0.15) is 0 Å². The summed E-state index contributed by atoms with van der Waals surface area (Å²) in [6, 6.07) is 6.66. The molecule has 1 aliphatic heterocycles. The van der Waals surface area contributed by atoms with Gasteiger partial charge in [-0.15, -0.1) is 0 Å². The van der Waals surface area contributed by atoms with Crippen LogP contribution in [0.3, 0.4) is 0 Å². The van der Waals surface area contributed by atoms with Crippen LogP contribution in [0.5, 0.6) is 0 Å². The molecule has 0 spiro atoms. The Bertz CT molecular complexity index is 375. The van der Waals surface area contributed by atoms with Gasteiger partial charge in [0, 0.05) is 5.69 Å². The van der Waals surface area contributed by atoms with E-state index in [0.29, 0.717) is 0 Å². The highest BCUT2D eigenvalue weighted by molar-refractivity contribution is 5.57. The molecule has 0 saturated heterocycles. The second-order valence-corrected chi connectivity index (χ2v) is 3.52. The van der Waals surface area contributed by atoms with E-state index in [9.17, 15) is 0 Å². The van der Waals surface area contributed by atoms with E-state index in [1.807, 2.05) is 6.20 Å². The topological polar surface area (TPSA) is 12.0 Å². The van der Waals surface area contributed by atoms with Crippen LogP contribution in [0.2, 0.25) is 0 Å². The van der Waals surface area contributed by atoms with Crippen molar-refractivity contribution >= 4 is 5.69 Å². The van der Waals surface area contributed by atoms with Crippen LogP contribution >= 0.6 is 0 Å². The van der Waals surface area contributed by atoms with Gasteiger partial charge in [0.15, 0.2) is 0 Å². The molecule has 2 rings (SSSR count). The minimum atomic E-state index is 1.02. The number of fused-ring (bicyclic) bond motifs is 1. The van der Waals surface area contributed by atoms with Crippen LogP contribution in [-0.2, 0) is 12.8 Å². The molecule has 1 aromatic rings. The number of hydrogen-bond donors (Lipinski definition) is 1. The number of rotatable bonds is 2. The molecule has 1 nitrogen and oxygen atoms in total. The summed E-state index contributed by atoms with van der Waals surface area (Å²) in [6.07, 6.45) is 10.5. The van der Waals surface area contributed by atoms with Gasteiger partial charge in [0.25, 0.3) is 0 Å². The highest BCUT2D eigenvalue weighted by Crippen LogP contribution is 2.22. The summed E-state index contributed by atoms with van der Waals surface area (Å²) < 4.78 is 0. The van der Waals surface area contributed by atoms with E-state index in [2.05, 4.69) is 48.7 Å². The Morgan fingerprint density at radius 3 is 3.21 bits per heavy atom. The van der Waals surface area contributed by atoms with Crippen molar-refractivity contribution in [2.45, 2.75) is 19.8 Å². The third-order valence-corrected chi connectivity index (χ3v) is 2.46. The van der Waals surface area contributed by atoms with Gasteiger partial charge in [-0.2, -0.15) is 0 Å². The first kappa shape index (κ1) is 9.07. The van der Waals surface area contributed by atoms with Crippen molar-refractivity contribution in [1.29, 1.82) is 0 Å². The molecule has 1 heteroatoms. The van der Waals surface area contributed by atoms with Gasteiger partial charge in [-0.25, -0.2) is 0 Å². The van der Waals surface area contributed by atoms with E-state index in [1.54, 1.807) is 0 Å². The zero-order valence-electron chi connectivity index (χ0n) is 8.46. The summed E-state index contributed by atoms with van der Waals surface area (Å²) in [5, 5.41) is 3.27. The van der Waals surface area contributed by atoms with Gasteiger partial charge in [0.05, 0.1) is 0 Å². The van der Waals surface area contributed by atoms with Crippen molar-refractivity contribution in [3.05, 3.63) is 53.8 Å². The van der Waals surface area contributed by atoms with Crippen LogP contribution < -0.4 is 5.32 Å². The molecular weight excluding hydrogens is 170 g/mol. The van der Waals surface area contributed by atoms with Gasteiger partial charge in [-0.3, -0.25) is 0 Å². The average Bonchev–Trinajstić information content (AvgIpc) is 2.26. The molecule has 0 aromatic heterocycles. The maximum atomic E-state index is 3.27. The Morgan fingerprint density at radius 2 is 2.36 bits per heavy atom. The summed E-state index contributed by atoms with van der Waals surface area (Å²) in [5.74, 6) is 0. The Balaban J connectivity index is 2.22. The lowest BCUT2D eigenvalue weighted by molar-refractivity contribution is 1.19. The standard InChI is InChI=1S/C13H15N/c1-2-3-5-11-7-8-12-6-4-9-14-13(12)10-11/h2-4,7-10,14H,5-6H2,1H3/b3-2-. The molecule has 14 heavy (non-hydrogen) atoms. The van der Waals surface area contributed by atoms with Crippen molar-refractivity contribution in [2.75, 3.05) is 5.32 Å². The summed E-state index contributed by atoms with van der Waals surface area (Å²) in [4.78, 5) is 0. The smallest absolute Gasteiger partial charge is 0.0418 e. The molecule has 1 aliphatic rings. The highest BCUT2D eigenvalue weighted by Gasteiger charge is 2.03. The Morgan fingerprint density at radius 1 is 1.43 bits per heavy atom. The largest absolute Gasteiger partial charge is 0.362 e. The van der Waals surface area contributed by atoms with Gasteiger partial charge in [-0.05, 0) is 43.2 Å². The lowest BCUT2D eigenvalue weighted by Crippen LogP contribution is -2.00. The Labute approximate surface area is 85.2 Å². The van der Waals surface area contributed by atoms with Crippen LogP contribution in [0.15, 0.2) is 42.6 Å². The minimum absolute atomic E-state index is 1.02. The van der Waals surface area contributed by atoms with Crippen LogP contribution in [0.4, 0.5) is 5.69 Å². The lowest BCUT2D eigenvalue weighted by atomic mass is 10.0. The second-order valence-electron chi connectivity index (χ2n) is 3.52. The molecular formula is C13H15N. The van der Waals surface area contributed by atoms with E-state index in [4.69, 9.17) is 0 Å². The van der Waals surface area contributed by atoms with E-state index in [1.165, 1.54) is 16.8 Å². The molecule has 72 valence electrons. The van der Waals surface area contributed by atoms with Gasteiger partial charge in [0.2, 0.25) is 0 Å². The predicted octanol–water partition coefficient (Wildman–Crippen LogP) is 3.29. The fraction of sp³-hybridized carbons (Fsp3) is 0.231. The van der Waals surface area contributed by atoms with E-state index in [-0.39, 0.29) is 0 Å². The molecule has 1 aromatic carbocycles. The third kappa shape index (κ3) is 1.87. The number of allylic oxidation sites excluding steroid dienone is 3. The molecule has 0 atom stereocenters. The number of nitrogens with one attached hydrogen (secondary N) is 1. The summed E-state index contributed by atoms with van der Waals surface area (Å²) in [6.45, 7) is 2.05. The minimum Gasteiger partial charge on any atom is -0.362 e. The maximum absolute atomic E-state index is 3.27. The fourth-order valence-corrected chi connectivity index (χ4v) is 1.65. The first-order valence-electron chi connectivity index (χ1n) is 5.04. The average molecular weight is 185 g/mol. The third-order valence-electron chi connectivity index (χ3n) is 2.46. The van der Waals surface area contributed by atoms with Crippen molar-refractivity contribution in [3.8, 4) is 0 Å². The van der Waals surface area contributed by atoms with Crippen molar-refractivity contribution < 1.29 is 0 Å². The predicted molar refractivity (Wildman–Crippen MR) is 61.4 cm³/mol. The molecule has 0 saturated carbocycles. The summed E-state index contributed by atoms with van der Waals surface area (Å²) in [7, 11) is 0. The number of benzene rings is 1. The molecule has 1 heterocycles. The zero-order valence-corrected chi connectivity index (χ0v) is 8.46. The van der Waals surface area contributed by atoms with Gasteiger partial charge >= 0.3 is 0 Å². The molecule has 0 aliphatic carbocycles. The lowest BCUT2D eigenvalue weighted by Gasteiger charge is -2.13. The highest BCUT2D eigenvalue weighted by atomic mass is 14.8. The van der Waals surface area contributed by atoms with Crippen molar-refractivity contribution in [3.63, 3.8) is 0 Å². The second kappa shape index (κ2) is 4.14. The van der Waals surface area contributed by atoms with Crippen LogP contribution in [0.1, 0.15) is 18.1 Å². The van der Waals surface area contributed by atoms with Crippen LogP contribution in [0, 0.1) is 0 Å². The maximum Gasteiger partial charge on any atom is 0.0418 e. The van der Waals surface area contributed by atoms with Gasteiger partial charge < -0.3 is 5.32 Å². The van der Waals surface area contributed by atoms with Crippen LogP contribution in [-0.4, -0.2) is 0 Å². The Kier molecular flexibility index (Phi) is 2.68. The SMILES string of the molecule is C/C=C\Cc1ccc2c(c1)NC=CC2. The molecule has 0 fully saturated rings. The number of anilines is 1. The van der Waals surface area contributed by atoms with E-state index >= 15 is 0 Å². The first-order chi connectivity index (χ1) is 6.90. The van der Waals surface area contributed by atoms with Crippen LogP contribution in [0.25, 0.3) is 0 Å². The Hall–Kier alpha value is -1.50. The summed E-state index contributed by atoms with van der Waals surface area (Å²) in [5.41, 5.74) is 4.01. The number of hydrogen-bond acceptors (Lipinski definition) is 1.